The average Bonchev–Trinajstić information content (AvgIpc) is 3.79. The first kappa shape index (κ1) is 33.3. The van der Waals surface area contributed by atoms with Crippen LogP contribution in [0, 0.1) is 0 Å². The molecule has 16 heteroatoms. The van der Waals surface area contributed by atoms with Crippen LogP contribution in [0.1, 0.15) is 45.4 Å². The van der Waals surface area contributed by atoms with Gasteiger partial charge in [0, 0.05) is 5.69 Å². The Labute approximate surface area is 286 Å². The number of halogens is 6. The second kappa shape index (κ2) is 12.6. The molecule has 1 aliphatic heterocycles. The van der Waals surface area contributed by atoms with E-state index in [1.54, 1.807) is 24.4 Å². The van der Waals surface area contributed by atoms with Crippen molar-refractivity contribution >= 4 is 17.3 Å². The van der Waals surface area contributed by atoms with Gasteiger partial charge in [0.25, 0.3) is 5.91 Å². The Bertz CT molecular complexity index is 2210. The largest absolute Gasteiger partial charge is 0.416 e. The van der Waals surface area contributed by atoms with Gasteiger partial charge >= 0.3 is 12.4 Å². The minimum Gasteiger partial charge on any atom is -0.379 e. The molecule has 2 aromatic heterocycles. The molecule has 0 fully saturated rings. The number of rotatable bonds is 8. The summed E-state index contributed by atoms with van der Waals surface area (Å²) in [6.45, 7) is 2.22. The van der Waals surface area contributed by atoms with Gasteiger partial charge in [-0.05, 0) is 73.2 Å². The summed E-state index contributed by atoms with van der Waals surface area (Å²) in [6.07, 6.45) is -5.92. The number of alkyl halides is 6. The van der Waals surface area contributed by atoms with E-state index >= 15 is 0 Å². The Morgan fingerprint density at radius 1 is 0.725 bits per heavy atom. The number of carbonyl (C=O) groups is 1. The lowest BCUT2D eigenvalue weighted by Gasteiger charge is -2.47. The van der Waals surface area contributed by atoms with E-state index in [-0.39, 0.29) is 30.4 Å². The summed E-state index contributed by atoms with van der Waals surface area (Å²) in [6, 6.07) is 23.9. The molecule has 2 N–H and O–H groups in total. The van der Waals surface area contributed by atoms with E-state index in [0.29, 0.717) is 28.3 Å². The van der Waals surface area contributed by atoms with Crippen LogP contribution < -0.4 is 15.5 Å². The van der Waals surface area contributed by atoms with Crippen LogP contribution in [0.3, 0.4) is 0 Å². The van der Waals surface area contributed by atoms with E-state index in [1.165, 1.54) is 39.8 Å². The van der Waals surface area contributed by atoms with Crippen molar-refractivity contribution in [3.8, 4) is 11.4 Å². The van der Waals surface area contributed by atoms with E-state index in [4.69, 9.17) is 0 Å². The minimum atomic E-state index is -4.52. The molecule has 0 saturated carbocycles. The van der Waals surface area contributed by atoms with Gasteiger partial charge in [0.15, 0.2) is 0 Å². The van der Waals surface area contributed by atoms with Gasteiger partial charge in [-0.1, -0.05) is 46.8 Å². The molecule has 6 aromatic rings. The standard InChI is InChI=1S/C35H27F6N9O/c1-33(22-12-14-25(15-13-22)42-18-26-20-49(46-44-26)28-8-4-6-23(16-28)34(36,37)38)43-32(51)30-10-2-3-11-31(30)48(33)19-27-21-50(47-45-27)29-9-5-7-24(17-29)35(39,40)41/h2-17,20-21,42H,18-19H2,1H3,(H,43,51). The summed E-state index contributed by atoms with van der Waals surface area (Å²) in [5.41, 5.74) is 1.16. The zero-order valence-electron chi connectivity index (χ0n) is 26.6. The number of aromatic nitrogens is 6. The molecule has 7 rings (SSSR count). The fraction of sp³-hybridized carbons (Fsp3) is 0.171. The van der Waals surface area contributed by atoms with E-state index in [1.807, 2.05) is 42.2 Å². The molecule has 1 atom stereocenters. The average molecular weight is 704 g/mol. The molecule has 0 saturated heterocycles. The van der Waals surface area contributed by atoms with Crippen LogP contribution in [0.4, 0.5) is 37.7 Å². The second-order valence-electron chi connectivity index (χ2n) is 12.0. The molecule has 0 spiro atoms. The molecule has 0 bridgehead atoms. The number of hydrogen-bond acceptors (Lipinski definition) is 7. The van der Waals surface area contributed by atoms with E-state index in [0.717, 1.165) is 29.8 Å². The summed E-state index contributed by atoms with van der Waals surface area (Å²) in [5, 5.41) is 22.7. The van der Waals surface area contributed by atoms with Crippen molar-refractivity contribution in [1.82, 2.24) is 35.3 Å². The lowest BCUT2D eigenvalue weighted by atomic mass is 9.93. The van der Waals surface area contributed by atoms with Gasteiger partial charge in [-0.25, -0.2) is 9.36 Å². The van der Waals surface area contributed by atoms with Gasteiger partial charge < -0.3 is 15.5 Å². The first-order valence-electron chi connectivity index (χ1n) is 15.5. The van der Waals surface area contributed by atoms with Gasteiger partial charge in [-0.15, -0.1) is 10.2 Å². The van der Waals surface area contributed by atoms with Gasteiger partial charge in [0.1, 0.15) is 17.1 Å². The molecule has 10 nitrogen and oxygen atoms in total. The Kier molecular flexibility index (Phi) is 8.23. The van der Waals surface area contributed by atoms with Gasteiger partial charge in [0.2, 0.25) is 0 Å². The van der Waals surface area contributed by atoms with Crippen molar-refractivity contribution in [2.24, 2.45) is 0 Å². The predicted molar refractivity (Wildman–Crippen MR) is 174 cm³/mol. The second-order valence-corrected chi connectivity index (χ2v) is 12.0. The molecule has 1 unspecified atom stereocenters. The quantitative estimate of drug-likeness (QED) is 0.163. The van der Waals surface area contributed by atoms with Crippen molar-refractivity contribution in [3.05, 3.63) is 143 Å². The maximum atomic E-state index is 13.3. The SMILES string of the molecule is CC1(c2ccc(NCc3cn(-c4cccc(C(F)(F)F)c4)nn3)cc2)NC(=O)c2ccccc2N1Cc1cn(-c2cccc(C(F)(F)F)c2)nn1. The maximum absolute atomic E-state index is 13.3. The molecule has 0 radical (unpaired) electrons. The Balaban J connectivity index is 1.11. The normalized spacial score (nSPS) is 16.1. The number of hydrogen-bond donors (Lipinski definition) is 2. The highest BCUT2D eigenvalue weighted by Crippen LogP contribution is 2.39. The van der Waals surface area contributed by atoms with Crippen LogP contribution in [0.15, 0.2) is 109 Å². The number of para-hydroxylation sites is 1. The third-order valence-corrected chi connectivity index (χ3v) is 8.53. The van der Waals surface area contributed by atoms with Crippen molar-refractivity contribution in [2.75, 3.05) is 10.2 Å². The summed E-state index contributed by atoms with van der Waals surface area (Å²) in [5.74, 6) is -0.289. The number of fused-ring (bicyclic) bond motifs is 1. The Morgan fingerprint density at radius 2 is 1.29 bits per heavy atom. The number of nitrogens with one attached hydrogen (secondary N) is 2. The monoisotopic (exact) mass is 703 g/mol. The Morgan fingerprint density at radius 3 is 1.90 bits per heavy atom. The van der Waals surface area contributed by atoms with Crippen molar-refractivity contribution in [1.29, 1.82) is 0 Å². The molecular formula is C35H27F6N9O. The van der Waals surface area contributed by atoms with Crippen LogP contribution in [0.2, 0.25) is 0 Å². The van der Waals surface area contributed by atoms with Crippen molar-refractivity contribution < 1.29 is 31.1 Å². The third kappa shape index (κ3) is 6.71. The number of benzene rings is 4. The first-order valence-corrected chi connectivity index (χ1v) is 15.5. The highest BCUT2D eigenvalue weighted by molar-refractivity contribution is 6.02. The molecule has 51 heavy (non-hydrogen) atoms. The number of amides is 1. The number of anilines is 2. The van der Waals surface area contributed by atoms with Crippen molar-refractivity contribution in [2.45, 2.75) is 38.0 Å². The van der Waals surface area contributed by atoms with Crippen LogP contribution >= 0.6 is 0 Å². The summed E-state index contributed by atoms with van der Waals surface area (Å²) in [4.78, 5) is 15.3. The molecule has 260 valence electrons. The van der Waals surface area contributed by atoms with Gasteiger partial charge in [-0.2, -0.15) is 26.3 Å². The highest BCUT2D eigenvalue weighted by atomic mass is 19.4. The molecule has 4 aromatic carbocycles. The number of nitrogens with zero attached hydrogens (tertiary/aromatic N) is 7. The van der Waals surface area contributed by atoms with Gasteiger partial charge in [-0.3, -0.25) is 4.79 Å². The first-order chi connectivity index (χ1) is 24.3. The molecule has 1 amide bonds. The predicted octanol–water partition coefficient (Wildman–Crippen LogP) is 7.12. The van der Waals surface area contributed by atoms with E-state index in [2.05, 4.69) is 31.3 Å². The smallest absolute Gasteiger partial charge is 0.379 e. The fourth-order valence-electron chi connectivity index (χ4n) is 5.89. The minimum absolute atomic E-state index is 0.147. The van der Waals surface area contributed by atoms with Crippen LogP contribution in [-0.4, -0.2) is 35.9 Å². The van der Waals surface area contributed by atoms with E-state index < -0.39 is 29.1 Å². The van der Waals surface area contributed by atoms with Crippen molar-refractivity contribution in [3.63, 3.8) is 0 Å². The fourth-order valence-corrected chi connectivity index (χ4v) is 5.89. The zero-order chi connectivity index (χ0) is 36.0. The maximum Gasteiger partial charge on any atom is 0.416 e. The molecule has 3 heterocycles. The summed E-state index contributed by atoms with van der Waals surface area (Å²) < 4.78 is 82.0. The lowest BCUT2D eigenvalue weighted by Crippen LogP contribution is -2.59. The van der Waals surface area contributed by atoms with Crippen LogP contribution in [-0.2, 0) is 31.1 Å². The van der Waals surface area contributed by atoms with Crippen LogP contribution in [0.5, 0.6) is 0 Å². The summed E-state index contributed by atoms with van der Waals surface area (Å²) >= 11 is 0. The molecule has 1 aliphatic rings. The van der Waals surface area contributed by atoms with Gasteiger partial charge in [0.05, 0.1) is 59.2 Å². The topological polar surface area (TPSA) is 106 Å². The van der Waals surface area contributed by atoms with Crippen LogP contribution in [0.25, 0.3) is 11.4 Å². The number of carbonyl (C=O) groups excluding carboxylic acids is 1. The zero-order valence-corrected chi connectivity index (χ0v) is 26.6. The molecular weight excluding hydrogens is 676 g/mol. The Hall–Kier alpha value is -6.19. The summed E-state index contributed by atoms with van der Waals surface area (Å²) in [7, 11) is 0. The molecule has 0 aliphatic carbocycles. The van der Waals surface area contributed by atoms with E-state index in [9.17, 15) is 31.1 Å². The third-order valence-electron chi connectivity index (χ3n) is 8.53. The lowest BCUT2D eigenvalue weighted by molar-refractivity contribution is -0.138. The highest BCUT2D eigenvalue weighted by Gasteiger charge is 2.42.